The molecule has 25 heavy (non-hydrogen) atoms. The Labute approximate surface area is 148 Å². The summed E-state index contributed by atoms with van der Waals surface area (Å²) in [7, 11) is 0. The maximum absolute atomic E-state index is 5.68. The summed E-state index contributed by atoms with van der Waals surface area (Å²) in [5.74, 6) is 1.26. The zero-order valence-corrected chi connectivity index (χ0v) is 14.6. The molecule has 1 heterocycles. The lowest BCUT2D eigenvalue weighted by atomic mass is 10.1. The molecule has 0 bridgehead atoms. The molecule has 0 aliphatic carbocycles. The van der Waals surface area contributed by atoms with Gasteiger partial charge < -0.3 is 10.3 Å². The zero-order chi connectivity index (χ0) is 17.5. The highest BCUT2D eigenvalue weighted by Crippen LogP contribution is 2.18. The Hall–Kier alpha value is -2.50. The van der Waals surface area contributed by atoms with E-state index in [-0.39, 0.29) is 0 Å². The number of nitrogens with zero attached hydrogens (tertiary/aromatic N) is 3. The molecule has 0 spiro atoms. The van der Waals surface area contributed by atoms with Crippen molar-refractivity contribution < 1.29 is 4.52 Å². The van der Waals surface area contributed by atoms with Crippen molar-refractivity contribution >= 4 is 0 Å². The zero-order valence-electron chi connectivity index (χ0n) is 14.6. The molecule has 0 unspecified atom stereocenters. The second kappa shape index (κ2) is 8.55. The molecule has 5 nitrogen and oxygen atoms in total. The van der Waals surface area contributed by atoms with Gasteiger partial charge in [-0.25, -0.2) is 0 Å². The molecule has 130 valence electrons. The molecule has 0 amide bonds. The molecule has 0 atom stereocenters. The van der Waals surface area contributed by atoms with Crippen LogP contribution in [-0.4, -0.2) is 28.1 Å². The van der Waals surface area contributed by atoms with Crippen molar-refractivity contribution in [2.45, 2.75) is 26.4 Å². The normalized spacial score (nSPS) is 11.2. The molecule has 2 N–H and O–H groups in total. The Morgan fingerprint density at radius 3 is 2.48 bits per heavy atom. The van der Waals surface area contributed by atoms with E-state index in [1.54, 1.807) is 0 Å². The Bertz CT molecular complexity index is 768. The SMILES string of the molecule is Cc1ccc(-c2nc(CN(CCCN)Cc3ccccc3)no2)cc1. The van der Waals surface area contributed by atoms with Crippen LogP contribution in [0.25, 0.3) is 11.5 Å². The molecule has 2 aromatic carbocycles. The third kappa shape index (κ3) is 4.98. The van der Waals surface area contributed by atoms with Crippen LogP contribution in [-0.2, 0) is 13.1 Å². The van der Waals surface area contributed by atoms with Gasteiger partial charge in [-0.05, 0) is 37.6 Å². The lowest BCUT2D eigenvalue weighted by Gasteiger charge is -2.20. The molecule has 0 saturated heterocycles. The number of hydrogen-bond donors (Lipinski definition) is 1. The smallest absolute Gasteiger partial charge is 0.257 e. The van der Waals surface area contributed by atoms with Crippen LogP contribution in [0.1, 0.15) is 23.4 Å². The van der Waals surface area contributed by atoms with Crippen LogP contribution < -0.4 is 5.73 Å². The van der Waals surface area contributed by atoms with Crippen LogP contribution in [0.5, 0.6) is 0 Å². The summed E-state index contributed by atoms with van der Waals surface area (Å²) in [4.78, 5) is 6.85. The van der Waals surface area contributed by atoms with Gasteiger partial charge in [0.25, 0.3) is 5.89 Å². The molecular weight excluding hydrogens is 312 g/mol. The fourth-order valence-corrected chi connectivity index (χ4v) is 2.70. The molecule has 3 rings (SSSR count). The summed E-state index contributed by atoms with van der Waals surface area (Å²) in [6.07, 6.45) is 0.940. The number of aromatic nitrogens is 2. The van der Waals surface area contributed by atoms with Crippen molar-refractivity contribution in [1.29, 1.82) is 0 Å². The van der Waals surface area contributed by atoms with Gasteiger partial charge in [0.15, 0.2) is 5.82 Å². The highest BCUT2D eigenvalue weighted by Gasteiger charge is 2.13. The maximum Gasteiger partial charge on any atom is 0.257 e. The van der Waals surface area contributed by atoms with E-state index in [2.05, 4.69) is 46.2 Å². The van der Waals surface area contributed by atoms with Crippen LogP contribution in [0.15, 0.2) is 59.1 Å². The maximum atomic E-state index is 5.68. The molecular formula is C20H24N4O. The van der Waals surface area contributed by atoms with Gasteiger partial charge in [-0.1, -0.05) is 53.2 Å². The number of rotatable bonds is 8. The first-order valence-corrected chi connectivity index (χ1v) is 8.60. The third-order valence-electron chi connectivity index (χ3n) is 4.06. The van der Waals surface area contributed by atoms with Crippen molar-refractivity contribution in [1.82, 2.24) is 15.0 Å². The van der Waals surface area contributed by atoms with E-state index in [4.69, 9.17) is 10.3 Å². The first-order valence-electron chi connectivity index (χ1n) is 8.60. The third-order valence-corrected chi connectivity index (χ3v) is 4.06. The van der Waals surface area contributed by atoms with Crippen LogP contribution in [0.3, 0.4) is 0 Å². The minimum Gasteiger partial charge on any atom is -0.334 e. The highest BCUT2D eigenvalue weighted by molar-refractivity contribution is 5.53. The molecule has 0 saturated carbocycles. The first-order chi connectivity index (χ1) is 12.2. The quantitative estimate of drug-likeness (QED) is 0.683. The van der Waals surface area contributed by atoms with Crippen LogP contribution >= 0.6 is 0 Å². The summed E-state index contributed by atoms with van der Waals surface area (Å²) in [5, 5.41) is 4.15. The lowest BCUT2D eigenvalue weighted by Crippen LogP contribution is -2.26. The molecule has 0 aliphatic rings. The second-order valence-corrected chi connectivity index (χ2v) is 6.22. The van der Waals surface area contributed by atoms with Gasteiger partial charge in [0.05, 0.1) is 6.54 Å². The molecule has 0 fully saturated rings. The van der Waals surface area contributed by atoms with Gasteiger partial charge in [0.2, 0.25) is 0 Å². The van der Waals surface area contributed by atoms with Gasteiger partial charge in [-0.3, -0.25) is 4.90 Å². The number of benzene rings is 2. The predicted molar refractivity (Wildman–Crippen MR) is 98.7 cm³/mol. The fraction of sp³-hybridized carbons (Fsp3) is 0.300. The molecule has 5 heteroatoms. The molecule has 1 aromatic heterocycles. The van der Waals surface area contributed by atoms with E-state index < -0.39 is 0 Å². The summed E-state index contributed by atoms with van der Waals surface area (Å²) in [6, 6.07) is 18.5. The van der Waals surface area contributed by atoms with Crippen molar-refractivity contribution in [2.75, 3.05) is 13.1 Å². The van der Waals surface area contributed by atoms with Crippen LogP contribution in [0, 0.1) is 6.92 Å². The van der Waals surface area contributed by atoms with Crippen molar-refractivity contribution in [3.63, 3.8) is 0 Å². The summed E-state index contributed by atoms with van der Waals surface area (Å²) < 4.78 is 5.43. The monoisotopic (exact) mass is 336 g/mol. The van der Waals surface area contributed by atoms with E-state index in [0.29, 0.717) is 24.8 Å². The van der Waals surface area contributed by atoms with Gasteiger partial charge in [0.1, 0.15) is 0 Å². The highest BCUT2D eigenvalue weighted by atomic mass is 16.5. The van der Waals surface area contributed by atoms with E-state index in [1.165, 1.54) is 11.1 Å². The second-order valence-electron chi connectivity index (χ2n) is 6.22. The standard InChI is InChI=1S/C20H24N4O/c1-16-8-10-18(11-9-16)20-22-19(23-25-20)15-24(13-5-12-21)14-17-6-3-2-4-7-17/h2-4,6-11H,5,12-15,21H2,1H3. The van der Waals surface area contributed by atoms with Gasteiger partial charge in [-0.15, -0.1) is 0 Å². The largest absolute Gasteiger partial charge is 0.334 e. The Morgan fingerprint density at radius 1 is 1.00 bits per heavy atom. The summed E-state index contributed by atoms with van der Waals surface area (Å²) in [6.45, 7) is 5.12. The minimum atomic E-state index is 0.563. The fourth-order valence-electron chi connectivity index (χ4n) is 2.70. The molecule has 0 radical (unpaired) electrons. The van der Waals surface area contributed by atoms with Gasteiger partial charge in [0, 0.05) is 18.7 Å². The van der Waals surface area contributed by atoms with Crippen LogP contribution in [0.2, 0.25) is 0 Å². The number of aryl methyl sites for hydroxylation is 1. The van der Waals surface area contributed by atoms with E-state index in [9.17, 15) is 0 Å². The lowest BCUT2D eigenvalue weighted by molar-refractivity contribution is 0.244. The number of hydrogen-bond acceptors (Lipinski definition) is 5. The topological polar surface area (TPSA) is 68.2 Å². The average molecular weight is 336 g/mol. The summed E-state index contributed by atoms with van der Waals surface area (Å²) in [5.41, 5.74) is 9.10. The van der Waals surface area contributed by atoms with E-state index in [1.807, 2.05) is 30.3 Å². The molecule has 0 aliphatic heterocycles. The Balaban J connectivity index is 1.69. The molecule has 3 aromatic rings. The van der Waals surface area contributed by atoms with Gasteiger partial charge in [-0.2, -0.15) is 4.98 Å². The van der Waals surface area contributed by atoms with Crippen molar-refractivity contribution in [3.8, 4) is 11.5 Å². The Morgan fingerprint density at radius 2 is 1.76 bits per heavy atom. The van der Waals surface area contributed by atoms with E-state index >= 15 is 0 Å². The van der Waals surface area contributed by atoms with Crippen LogP contribution in [0.4, 0.5) is 0 Å². The van der Waals surface area contributed by atoms with Gasteiger partial charge >= 0.3 is 0 Å². The first kappa shape index (κ1) is 17.3. The predicted octanol–water partition coefficient (Wildman–Crippen LogP) is 3.40. The van der Waals surface area contributed by atoms with Crippen molar-refractivity contribution in [2.24, 2.45) is 5.73 Å². The minimum absolute atomic E-state index is 0.563. The van der Waals surface area contributed by atoms with Crippen molar-refractivity contribution in [3.05, 3.63) is 71.5 Å². The Kier molecular flexibility index (Phi) is 5.93. The average Bonchev–Trinajstić information content (AvgIpc) is 3.09. The number of nitrogens with two attached hydrogens (primary N) is 1. The van der Waals surface area contributed by atoms with E-state index in [0.717, 1.165) is 25.1 Å². The summed E-state index contributed by atoms with van der Waals surface area (Å²) >= 11 is 0.